The molecule has 118 valence electrons. The van der Waals surface area contributed by atoms with Gasteiger partial charge in [0, 0.05) is 33.1 Å². The van der Waals surface area contributed by atoms with Crippen molar-refractivity contribution in [1.29, 1.82) is 0 Å². The van der Waals surface area contributed by atoms with Gasteiger partial charge in [-0.2, -0.15) is 13.2 Å². The molecule has 6 nitrogen and oxygen atoms in total. The monoisotopic (exact) mass is 300 g/mol. The number of carboxylic acids is 1. The van der Waals surface area contributed by atoms with Gasteiger partial charge in [-0.1, -0.05) is 0 Å². The molecule has 0 bridgehead atoms. The molecule has 0 aliphatic rings. The second kappa shape index (κ2) is 9.40. The van der Waals surface area contributed by atoms with E-state index in [1.54, 1.807) is 0 Å². The van der Waals surface area contributed by atoms with Crippen molar-refractivity contribution in [1.82, 2.24) is 10.6 Å². The highest BCUT2D eigenvalue weighted by atomic mass is 19.4. The summed E-state index contributed by atoms with van der Waals surface area (Å²) in [5, 5.41) is 13.3. The maximum atomic E-state index is 11.8. The Morgan fingerprint density at radius 1 is 1.30 bits per heavy atom. The van der Waals surface area contributed by atoms with E-state index in [0.717, 1.165) is 0 Å². The fourth-order valence-electron chi connectivity index (χ4n) is 1.35. The summed E-state index contributed by atoms with van der Waals surface area (Å²) in [5.74, 6) is -1.20. The Hall–Kier alpha value is -1.51. The number of alkyl halides is 3. The fourth-order valence-corrected chi connectivity index (χ4v) is 1.35. The molecule has 1 unspecified atom stereocenters. The number of ether oxygens (including phenoxy) is 1. The smallest absolute Gasteiger partial charge is 0.389 e. The predicted octanol–water partition coefficient (Wildman–Crippen LogP) is 1.51. The van der Waals surface area contributed by atoms with E-state index in [9.17, 15) is 22.8 Å². The first-order valence-corrected chi connectivity index (χ1v) is 6.09. The van der Waals surface area contributed by atoms with Crippen LogP contribution in [0.2, 0.25) is 0 Å². The number of carbonyl (C=O) groups is 2. The molecule has 1 atom stereocenters. The predicted molar refractivity (Wildman–Crippen MR) is 64.4 cm³/mol. The Kier molecular flexibility index (Phi) is 8.69. The highest BCUT2D eigenvalue weighted by molar-refractivity contribution is 5.82. The Labute approximate surface area is 114 Å². The molecule has 20 heavy (non-hydrogen) atoms. The second-order valence-corrected chi connectivity index (χ2v) is 4.14. The van der Waals surface area contributed by atoms with Crippen LogP contribution in [0.4, 0.5) is 18.0 Å². The van der Waals surface area contributed by atoms with Crippen LogP contribution in [0, 0.1) is 0 Å². The van der Waals surface area contributed by atoms with Gasteiger partial charge in [0.15, 0.2) is 0 Å². The number of rotatable bonds is 9. The lowest BCUT2D eigenvalue weighted by atomic mass is 10.2. The summed E-state index contributed by atoms with van der Waals surface area (Å²) in [5.41, 5.74) is 0. The number of unbranched alkanes of at least 4 members (excludes halogenated alkanes) is 1. The molecule has 0 aromatic heterocycles. The van der Waals surface area contributed by atoms with E-state index in [1.165, 1.54) is 7.11 Å². The Balaban J connectivity index is 3.82. The number of carboxylic acid groups (broad SMARTS) is 1. The topological polar surface area (TPSA) is 87.7 Å². The molecule has 0 spiro atoms. The number of urea groups is 1. The van der Waals surface area contributed by atoms with Gasteiger partial charge in [0.05, 0.1) is 0 Å². The molecule has 9 heteroatoms. The van der Waals surface area contributed by atoms with Crippen molar-refractivity contribution < 1.29 is 32.6 Å². The number of amides is 2. The maximum absolute atomic E-state index is 11.8. The van der Waals surface area contributed by atoms with Crippen LogP contribution in [0.25, 0.3) is 0 Å². The van der Waals surface area contributed by atoms with Crippen molar-refractivity contribution in [2.75, 3.05) is 20.3 Å². The molecule has 0 aromatic rings. The SMILES string of the molecule is COCCC(NC(=O)NCCCCC(F)(F)F)C(=O)O. The fraction of sp³-hybridized carbons (Fsp3) is 0.818. The Morgan fingerprint density at radius 2 is 1.95 bits per heavy atom. The summed E-state index contributed by atoms with van der Waals surface area (Å²) in [6.07, 6.45) is -4.91. The van der Waals surface area contributed by atoms with E-state index in [4.69, 9.17) is 9.84 Å². The first-order chi connectivity index (χ1) is 9.26. The Morgan fingerprint density at radius 3 is 2.45 bits per heavy atom. The summed E-state index contributed by atoms with van der Waals surface area (Å²) >= 11 is 0. The van der Waals surface area contributed by atoms with Gasteiger partial charge in [-0.05, 0) is 12.8 Å². The molecule has 0 saturated carbocycles. The van der Waals surface area contributed by atoms with Crippen LogP contribution in [0.1, 0.15) is 25.7 Å². The summed E-state index contributed by atoms with van der Waals surface area (Å²) in [6.45, 7) is 0.224. The third-order valence-electron chi connectivity index (χ3n) is 2.39. The zero-order valence-corrected chi connectivity index (χ0v) is 11.1. The lowest BCUT2D eigenvalue weighted by molar-refractivity contribution is -0.139. The highest BCUT2D eigenvalue weighted by Crippen LogP contribution is 2.21. The summed E-state index contributed by atoms with van der Waals surface area (Å²) in [7, 11) is 1.40. The van der Waals surface area contributed by atoms with Gasteiger partial charge in [0.1, 0.15) is 6.04 Å². The van der Waals surface area contributed by atoms with Gasteiger partial charge in [-0.25, -0.2) is 9.59 Å². The third kappa shape index (κ3) is 10.4. The molecular weight excluding hydrogens is 281 g/mol. The minimum Gasteiger partial charge on any atom is -0.480 e. The van der Waals surface area contributed by atoms with Crippen LogP contribution in [0.5, 0.6) is 0 Å². The first-order valence-electron chi connectivity index (χ1n) is 6.09. The van der Waals surface area contributed by atoms with Crippen molar-refractivity contribution in [3.8, 4) is 0 Å². The molecule has 0 heterocycles. The largest absolute Gasteiger partial charge is 0.480 e. The number of methoxy groups -OCH3 is 1. The molecular formula is C11H19F3N2O4. The lowest BCUT2D eigenvalue weighted by Gasteiger charge is -2.14. The zero-order valence-electron chi connectivity index (χ0n) is 11.1. The van der Waals surface area contributed by atoms with Crippen LogP contribution in [0.3, 0.4) is 0 Å². The number of nitrogens with one attached hydrogen (secondary N) is 2. The number of hydrogen-bond donors (Lipinski definition) is 3. The van der Waals surface area contributed by atoms with Crippen LogP contribution in [-0.2, 0) is 9.53 Å². The van der Waals surface area contributed by atoms with E-state index >= 15 is 0 Å². The van der Waals surface area contributed by atoms with Crippen molar-refractivity contribution >= 4 is 12.0 Å². The van der Waals surface area contributed by atoms with Gasteiger partial charge in [0.25, 0.3) is 0 Å². The van der Waals surface area contributed by atoms with Crippen molar-refractivity contribution in [3.05, 3.63) is 0 Å². The summed E-state index contributed by atoms with van der Waals surface area (Å²) in [4.78, 5) is 22.1. The number of halogens is 3. The minimum absolute atomic E-state index is 0.0541. The van der Waals surface area contributed by atoms with Crippen LogP contribution >= 0.6 is 0 Å². The normalized spacial score (nSPS) is 12.8. The number of hydrogen-bond acceptors (Lipinski definition) is 3. The molecule has 0 saturated heterocycles. The van der Waals surface area contributed by atoms with E-state index in [1.807, 2.05) is 0 Å². The van der Waals surface area contributed by atoms with Crippen molar-refractivity contribution in [3.63, 3.8) is 0 Å². The molecule has 0 aromatic carbocycles. The van der Waals surface area contributed by atoms with Gasteiger partial charge in [-0.15, -0.1) is 0 Å². The summed E-state index contributed by atoms with van der Waals surface area (Å²) < 4.78 is 40.2. The lowest BCUT2D eigenvalue weighted by Crippen LogP contribution is -2.46. The van der Waals surface area contributed by atoms with E-state index in [-0.39, 0.29) is 32.4 Å². The van der Waals surface area contributed by atoms with E-state index in [0.29, 0.717) is 0 Å². The van der Waals surface area contributed by atoms with E-state index < -0.39 is 30.6 Å². The summed E-state index contributed by atoms with van der Waals surface area (Å²) in [6, 6.07) is -1.81. The standard InChI is InChI=1S/C11H19F3N2O4/c1-20-7-4-8(9(17)18)16-10(19)15-6-3-2-5-11(12,13)14/h8H,2-7H2,1H3,(H,17,18)(H2,15,16,19). The molecule has 2 amide bonds. The molecule has 0 rings (SSSR count). The number of aliphatic carboxylic acids is 1. The van der Waals surface area contributed by atoms with Gasteiger partial charge >= 0.3 is 18.2 Å². The van der Waals surface area contributed by atoms with E-state index in [2.05, 4.69) is 10.6 Å². The van der Waals surface area contributed by atoms with Gasteiger partial charge < -0.3 is 20.5 Å². The van der Waals surface area contributed by atoms with Gasteiger partial charge in [0.2, 0.25) is 0 Å². The molecule has 0 aliphatic carbocycles. The van der Waals surface area contributed by atoms with Crippen LogP contribution in [-0.4, -0.2) is 49.6 Å². The molecule has 0 radical (unpaired) electrons. The third-order valence-corrected chi connectivity index (χ3v) is 2.39. The van der Waals surface area contributed by atoms with Gasteiger partial charge in [-0.3, -0.25) is 0 Å². The minimum atomic E-state index is -4.20. The maximum Gasteiger partial charge on any atom is 0.389 e. The average molecular weight is 300 g/mol. The molecule has 0 fully saturated rings. The first kappa shape index (κ1) is 18.5. The zero-order chi connectivity index (χ0) is 15.6. The quantitative estimate of drug-likeness (QED) is 0.563. The van der Waals surface area contributed by atoms with Crippen LogP contribution < -0.4 is 10.6 Å². The highest BCUT2D eigenvalue weighted by Gasteiger charge is 2.25. The Bertz CT molecular complexity index is 311. The second-order valence-electron chi connectivity index (χ2n) is 4.14. The van der Waals surface area contributed by atoms with Crippen molar-refractivity contribution in [2.45, 2.75) is 37.9 Å². The molecule has 3 N–H and O–H groups in total. The average Bonchev–Trinajstić information content (AvgIpc) is 2.32. The molecule has 0 aliphatic heterocycles. The van der Waals surface area contributed by atoms with Crippen LogP contribution in [0.15, 0.2) is 0 Å². The van der Waals surface area contributed by atoms with Crippen molar-refractivity contribution in [2.24, 2.45) is 0 Å². The number of carbonyl (C=O) groups excluding carboxylic acids is 1.